The number of aryl methyl sites for hydroxylation is 1. The Bertz CT molecular complexity index is 195. The summed E-state index contributed by atoms with van der Waals surface area (Å²) in [6, 6.07) is 2.02. The Labute approximate surface area is 59.5 Å². The molecule has 0 saturated carbocycles. The molecular formula is C6H9BOS. The zero-order valence-corrected chi connectivity index (χ0v) is 6.40. The molecule has 1 rings (SSSR count). The molecule has 0 unspecified atom stereocenters. The fraction of sp³-hybridized carbons (Fsp3) is 0.333. The van der Waals surface area contributed by atoms with E-state index >= 15 is 0 Å². The molecule has 48 valence electrons. The van der Waals surface area contributed by atoms with Crippen molar-refractivity contribution in [3.05, 3.63) is 17.0 Å². The van der Waals surface area contributed by atoms with E-state index in [0.717, 1.165) is 4.78 Å². The summed E-state index contributed by atoms with van der Waals surface area (Å²) in [5, 5.41) is 11.1. The minimum atomic E-state index is -0.301. The molecule has 1 aromatic heterocycles. The van der Waals surface area contributed by atoms with Gasteiger partial charge in [-0.05, 0) is 23.9 Å². The molecule has 0 radical (unpaired) electrons. The van der Waals surface area contributed by atoms with Gasteiger partial charge in [0.1, 0.15) is 0 Å². The van der Waals surface area contributed by atoms with Crippen molar-refractivity contribution < 1.29 is 5.02 Å². The molecule has 0 spiro atoms. The van der Waals surface area contributed by atoms with E-state index in [9.17, 15) is 0 Å². The van der Waals surface area contributed by atoms with Gasteiger partial charge in [0.15, 0.2) is 0 Å². The first-order valence-electron chi connectivity index (χ1n) is 2.94. The Kier molecular flexibility index (Phi) is 1.93. The first-order valence-corrected chi connectivity index (χ1v) is 3.82. The summed E-state index contributed by atoms with van der Waals surface area (Å²) in [7, 11) is 0. The minimum absolute atomic E-state index is 0.301. The molecule has 0 aliphatic heterocycles. The lowest BCUT2D eigenvalue weighted by atomic mass is 9.69. The fourth-order valence-corrected chi connectivity index (χ4v) is 1.68. The van der Waals surface area contributed by atoms with E-state index in [0.29, 0.717) is 0 Å². The first kappa shape index (κ1) is 6.84. The van der Waals surface area contributed by atoms with E-state index in [1.807, 2.05) is 18.4 Å². The molecule has 1 nitrogen and oxygen atoms in total. The molecule has 9 heavy (non-hydrogen) atoms. The molecule has 3 heteroatoms. The summed E-state index contributed by atoms with van der Waals surface area (Å²) < 4.78 is 1.08. The highest BCUT2D eigenvalue weighted by Crippen LogP contribution is 2.01. The lowest BCUT2D eigenvalue weighted by Gasteiger charge is -1.95. The third-order valence-corrected chi connectivity index (χ3v) is 2.47. The first-order chi connectivity index (χ1) is 4.22. The lowest BCUT2D eigenvalue weighted by molar-refractivity contribution is 0.594. The highest BCUT2D eigenvalue weighted by molar-refractivity contribution is 7.21. The van der Waals surface area contributed by atoms with Crippen molar-refractivity contribution in [1.29, 1.82) is 0 Å². The molecule has 0 saturated heterocycles. The molecule has 1 aromatic rings. The van der Waals surface area contributed by atoms with Crippen molar-refractivity contribution in [1.82, 2.24) is 0 Å². The Hall–Kier alpha value is -0.275. The second kappa shape index (κ2) is 2.54. The van der Waals surface area contributed by atoms with Crippen LogP contribution in [-0.4, -0.2) is 11.9 Å². The molecule has 0 atom stereocenters. The van der Waals surface area contributed by atoms with Crippen LogP contribution in [0.3, 0.4) is 0 Å². The van der Waals surface area contributed by atoms with Gasteiger partial charge in [-0.15, -0.1) is 0 Å². The van der Waals surface area contributed by atoms with Crippen molar-refractivity contribution >= 4 is 23.0 Å². The summed E-state index contributed by atoms with van der Waals surface area (Å²) >= 11 is 1.61. The second-order valence-corrected chi connectivity index (χ2v) is 3.09. The van der Waals surface area contributed by atoms with Gasteiger partial charge in [0.25, 0.3) is 0 Å². The van der Waals surface area contributed by atoms with Crippen LogP contribution < -0.4 is 4.78 Å². The molecule has 0 bridgehead atoms. The monoisotopic (exact) mass is 140 g/mol. The topological polar surface area (TPSA) is 20.2 Å². The van der Waals surface area contributed by atoms with Crippen LogP contribution in [0.5, 0.6) is 0 Å². The molecule has 0 amide bonds. The zero-order chi connectivity index (χ0) is 6.85. The molecule has 0 aromatic carbocycles. The molecule has 1 N–H and O–H groups in total. The van der Waals surface area contributed by atoms with E-state index in [1.54, 1.807) is 18.2 Å². The number of thiophene rings is 1. The van der Waals surface area contributed by atoms with Crippen LogP contribution >= 0.6 is 11.3 Å². The molecule has 0 fully saturated rings. The maximum Gasteiger partial charge on any atom is 0.331 e. The predicted molar refractivity (Wildman–Crippen MR) is 42.5 cm³/mol. The van der Waals surface area contributed by atoms with E-state index in [1.165, 1.54) is 5.56 Å². The third-order valence-electron chi connectivity index (χ3n) is 1.28. The molecule has 0 aliphatic carbocycles. The van der Waals surface area contributed by atoms with Crippen molar-refractivity contribution in [3.63, 3.8) is 0 Å². The van der Waals surface area contributed by atoms with Crippen LogP contribution in [-0.2, 0) is 0 Å². The minimum Gasteiger partial charge on any atom is -0.446 e. The smallest absolute Gasteiger partial charge is 0.331 e. The Balaban J connectivity index is 2.94. The number of rotatable bonds is 1. The van der Waals surface area contributed by atoms with E-state index in [-0.39, 0.29) is 6.92 Å². The van der Waals surface area contributed by atoms with E-state index in [2.05, 4.69) is 0 Å². The molecular weight excluding hydrogens is 131 g/mol. The third kappa shape index (κ3) is 1.34. The van der Waals surface area contributed by atoms with Gasteiger partial charge in [0.2, 0.25) is 0 Å². The van der Waals surface area contributed by atoms with Crippen LogP contribution in [0.1, 0.15) is 5.56 Å². The summed E-state index contributed by atoms with van der Waals surface area (Å²) in [6.07, 6.45) is 0. The van der Waals surface area contributed by atoms with Crippen molar-refractivity contribution in [2.75, 3.05) is 0 Å². The highest BCUT2D eigenvalue weighted by atomic mass is 32.1. The van der Waals surface area contributed by atoms with Crippen molar-refractivity contribution in [3.8, 4) is 0 Å². The number of hydrogen-bond donors (Lipinski definition) is 1. The van der Waals surface area contributed by atoms with Crippen LogP contribution in [0, 0.1) is 6.92 Å². The van der Waals surface area contributed by atoms with Crippen molar-refractivity contribution in [2.45, 2.75) is 13.7 Å². The summed E-state index contributed by atoms with van der Waals surface area (Å²) in [6.45, 7) is 3.50. The SMILES string of the molecule is CB(O)c1sccc1C. The quantitative estimate of drug-likeness (QED) is 0.574. The molecule has 1 heterocycles. The van der Waals surface area contributed by atoms with Gasteiger partial charge in [-0.25, -0.2) is 0 Å². The van der Waals surface area contributed by atoms with Crippen LogP contribution in [0.25, 0.3) is 0 Å². The van der Waals surface area contributed by atoms with Crippen LogP contribution in [0.4, 0.5) is 0 Å². The summed E-state index contributed by atoms with van der Waals surface area (Å²) in [5.74, 6) is 0. The standard InChI is InChI=1S/C6H9BOS/c1-5-3-4-9-6(5)7(2)8/h3-4,8H,1-2H3. The average molecular weight is 140 g/mol. The van der Waals surface area contributed by atoms with Gasteiger partial charge in [-0.2, -0.15) is 11.3 Å². The van der Waals surface area contributed by atoms with Gasteiger partial charge in [0, 0.05) is 4.78 Å². The van der Waals surface area contributed by atoms with E-state index in [4.69, 9.17) is 5.02 Å². The maximum atomic E-state index is 9.10. The molecule has 0 aliphatic rings. The van der Waals surface area contributed by atoms with Gasteiger partial charge in [-0.3, -0.25) is 0 Å². The lowest BCUT2D eigenvalue weighted by Crippen LogP contribution is -2.24. The highest BCUT2D eigenvalue weighted by Gasteiger charge is 2.09. The summed E-state index contributed by atoms with van der Waals surface area (Å²) in [5.41, 5.74) is 1.19. The summed E-state index contributed by atoms with van der Waals surface area (Å²) in [4.78, 5) is 0. The largest absolute Gasteiger partial charge is 0.446 e. The van der Waals surface area contributed by atoms with Gasteiger partial charge in [-0.1, -0.05) is 6.82 Å². The Morgan fingerprint density at radius 2 is 2.33 bits per heavy atom. The average Bonchev–Trinajstić information content (AvgIpc) is 2.13. The Morgan fingerprint density at radius 3 is 2.56 bits per heavy atom. The fourth-order valence-electron chi connectivity index (χ4n) is 0.812. The maximum absolute atomic E-state index is 9.10. The zero-order valence-electron chi connectivity index (χ0n) is 5.59. The van der Waals surface area contributed by atoms with E-state index < -0.39 is 0 Å². The van der Waals surface area contributed by atoms with Crippen LogP contribution in [0.2, 0.25) is 6.82 Å². The number of hydrogen-bond acceptors (Lipinski definition) is 2. The van der Waals surface area contributed by atoms with Gasteiger partial charge >= 0.3 is 6.92 Å². The van der Waals surface area contributed by atoms with Crippen molar-refractivity contribution in [2.24, 2.45) is 0 Å². The van der Waals surface area contributed by atoms with Gasteiger partial charge < -0.3 is 5.02 Å². The normalized spacial score (nSPS) is 9.67. The van der Waals surface area contributed by atoms with Gasteiger partial charge in [0.05, 0.1) is 0 Å². The second-order valence-electron chi connectivity index (χ2n) is 2.14. The Morgan fingerprint density at radius 1 is 1.67 bits per heavy atom. The predicted octanol–water partition coefficient (Wildman–Crippen LogP) is 0.877. The van der Waals surface area contributed by atoms with Crippen LogP contribution in [0.15, 0.2) is 11.4 Å².